The standard InChI is InChI=1S/C25H26N4O3S/c1-4-18-12-17(3)13-21(14-18)31-10-11-32-22-9-7-6-8-19(22)15-20(16-26)24(30)27-25-29-28-23(5-2)33-25/h6-9,12-15H,4-5,10-11H2,1-3H3,(H,27,29,30)/b20-15-. The number of nitriles is 1. The fraction of sp³-hybridized carbons (Fsp3) is 0.280. The van der Waals surface area contributed by atoms with E-state index in [1.807, 2.05) is 44.2 Å². The molecule has 0 aliphatic rings. The summed E-state index contributed by atoms with van der Waals surface area (Å²) >= 11 is 1.28. The molecule has 0 unspecified atom stereocenters. The van der Waals surface area contributed by atoms with Crippen LogP contribution in [0.1, 0.15) is 35.5 Å². The number of benzene rings is 2. The van der Waals surface area contributed by atoms with Crippen LogP contribution < -0.4 is 14.8 Å². The highest BCUT2D eigenvalue weighted by Crippen LogP contribution is 2.23. The number of para-hydroxylation sites is 1. The molecule has 0 bridgehead atoms. The zero-order chi connectivity index (χ0) is 23.6. The van der Waals surface area contributed by atoms with Gasteiger partial charge in [0.15, 0.2) is 0 Å². The van der Waals surface area contributed by atoms with Gasteiger partial charge in [-0.3, -0.25) is 10.1 Å². The summed E-state index contributed by atoms with van der Waals surface area (Å²) < 4.78 is 11.7. The van der Waals surface area contributed by atoms with Gasteiger partial charge >= 0.3 is 0 Å². The second-order valence-corrected chi connectivity index (χ2v) is 8.28. The first-order valence-electron chi connectivity index (χ1n) is 10.7. The maximum Gasteiger partial charge on any atom is 0.268 e. The molecule has 0 fully saturated rings. The van der Waals surface area contributed by atoms with E-state index in [9.17, 15) is 10.1 Å². The quantitative estimate of drug-likeness (QED) is 0.259. The van der Waals surface area contributed by atoms with Crippen LogP contribution in [0.4, 0.5) is 5.13 Å². The van der Waals surface area contributed by atoms with Crippen LogP contribution in [0.25, 0.3) is 6.08 Å². The Morgan fingerprint density at radius 3 is 2.64 bits per heavy atom. The van der Waals surface area contributed by atoms with Crippen LogP contribution in [0.5, 0.6) is 11.5 Å². The smallest absolute Gasteiger partial charge is 0.268 e. The number of carbonyl (C=O) groups is 1. The number of carbonyl (C=O) groups excluding carboxylic acids is 1. The number of nitrogens with one attached hydrogen (secondary N) is 1. The van der Waals surface area contributed by atoms with E-state index in [1.54, 1.807) is 12.1 Å². The summed E-state index contributed by atoms with van der Waals surface area (Å²) in [7, 11) is 0. The van der Waals surface area contributed by atoms with E-state index in [1.165, 1.54) is 23.0 Å². The Balaban J connectivity index is 1.63. The second-order valence-electron chi connectivity index (χ2n) is 7.22. The SMILES string of the molecule is CCc1cc(C)cc(OCCOc2ccccc2/C=C(/C#N)C(=O)Nc2nnc(CC)s2)c1. The Labute approximate surface area is 197 Å². The first-order valence-corrected chi connectivity index (χ1v) is 11.5. The van der Waals surface area contributed by atoms with Gasteiger partial charge in [-0.2, -0.15) is 5.26 Å². The summed E-state index contributed by atoms with van der Waals surface area (Å²) in [5.74, 6) is 0.833. The monoisotopic (exact) mass is 462 g/mol. The van der Waals surface area contributed by atoms with Gasteiger partial charge in [0.25, 0.3) is 5.91 Å². The number of aromatic nitrogens is 2. The van der Waals surface area contributed by atoms with Crippen molar-refractivity contribution < 1.29 is 14.3 Å². The predicted molar refractivity (Wildman–Crippen MR) is 129 cm³/mol. The fourth-order valence-electron chi connectivity index (χ4n) is 3.07. The minimum atomic E-state index is -0.541. The first-order chi connectivity index (χ1) is 16.0. The summed E-state index contributed by atoms with van der Waals surface area (Å²) in [6.45, 7) is 6.80. The molecule has 8 heteroatoms. The van der Waals surface area contributed by atoms with Crippen LogP contribution in [0.2, 0.25) is 0 Å². The summed E-state index contributed by atoms with van der Waals surface area (Å²) in [6, 6.07) is 15.3. The molecular formula is C25H26N4O3S. The van der Waals surface area contributed by atoms with E-state index in [0.29, 0.717) is 29.7 Å². The van der Waals surface area contributed by atoms with E-state index in [4.69, 9.17) is 9.47 Å². The number of hydrogen-bond acceptors (Lipinski definition) is 7. The van der Waals surface area contributed by atoms with E-state index >= 15 is 0 Å². The summed E-state index contributed by atoms with van der Waals surface area (Å²) in [6.07, 6.45) is 3.18. The lowest BCUT2D eigenvalue weighted by atomic mass is 10.1. The number of rotatable bonds is 10. The van der Waals surface area contributed by atoms with E-state index in [-0.39, 0.29) is 5.57 Å². The topological polar surface area (TPSA) is 97.1 Å². The Kier molecular flexibility index (Phi) is 8.56. The number of hydrogen-bond donors (Lipinski definition) is 1. The lowest BCUT2D eigenvalue weighted by Crippen LogP contribution is -2.13. The third-order valence-electron chi connectivity index (χ3n) is 4.70. The van der Waals surface area contributed by atoms with Crippen molar-refractivity contribution in [3.05, 3.63) is 69.7 Å². The molecule has 0 aliphatic carbocycles. The van der Waals surface area contributed by atoms with Crippen LogP contribution in [0, 0.1) is 18.3 Å². The maximum atomic E-state index is 12.5. The van der Waals surface area contributed by atoms with E-state index in [0.717, 1.165) is 29.2 Å². The lowest BCUT2D eigenvalue weighted by molar-refractivity contribution is -0.112. The minimum Gasteiger partial charge on any atom is -0.490 e. The Bertz CT molecular complexity index is 1180. The average Bonchev–Trinajstić information content (AvgIpc) is 3.28. The van der Waals surface area contributed by atoms with Crippen molar-refractivity contribution in [1.82, 2.24) is 10.2 Å². The number of ether oxygens (including phenoxy) is 2. The normalized spacial score (nSPS) is 11.0. The van der Waals surface area contributed by atoms with Crippen molar-refractivity contribution in [3.8, 4) is 17.6 Å². The number of nitrogens with zero attached hydrogens (tertiary/aromatic N) is 3. The number of anilines is 1. The van der Waals surface area contributed by atoms with E-state index < -0.39 is 5.91 Å². The first kappa shape index (κ1) is 24.0. The van der Waals surface area contributed by atoms with Crippen LogP contribution in [0.15, 0.2) is 48.0 Å². The molecule has 1 heterocycles. The van der Waals surface area contributed by atoms with Crippen LogP contribution >= 0.6 is 11.3 Å². The summed E-state index contributed by atoms with van der Waals surface area (Å²) in [4.78, 5) is 12.5. The minimum absolute atomic E-state index is 0.0533. The Morgan fingerprint density at radius 1 is 1.12 bits per heavy atom. The van der Waals surface area contributed by atoms with Crippen LogP contribution in [-0.4, -0.2) is 29.3 Å². The van der Waals surface area contributed by atoms with Gasteiger partial charge in [-0.1, -0.05) is 49.4 Å². The van der Waals surface area contributed by atoms with E-state index in [2.05, 4.69) is 28.5 Å². The molecule has 0 saturated heterocycles. The molecule has 0 radical (unpaired) electrons. The van der Waals surface area contributed by atoms with Crippen molar-refractivity contribution in [3.63, 3.8) is 0 Å². The van der Waals surface area contributed by atoms with Crippen LogP contribution in [0.3, 0.4) is 0 Å². The van der Waals surface area contributed by atoms with Crippen LogP contribution in [-0.2, 0) is 17.6 Å². The fourth-order valence-corrected chi connectivity index (χ4v) is 3.74. The van der Waals surface area contributed by atoms with Gasteiger partial charge in [0.1, 0.15) is 41.4 Å². The van der Waals surface area contributed by atoms with Crippen molar-refractivity contribution >= 4 is 28.5 Å². The molecule has 2 aromatic carbocycles. The van der Waals surface area contributed by atoms with Crippen molar-refractivity contribution in [1.29, 1.82) is 5.26 Å². The molecule has 7 nitrogen and oxygen atoms in total. The molecule has 33 heavy (non-hydrogen) atoms. The highest BCUT2D eigenvalue weighted by molar-refractivity contribution is 7.15. The molecule has 3 rings (SSSR count). The summed E-state index contributed by atoms with van der Waals surface area (Å²) in [5, 5.41) is 21.2. The molecular weight excluding hydrogens is 436 g/mol. The molecule has 0 atom stereocenters. The molecule has 1 N–H and O–H groups in total. The average molecular weight is 463 g/mol. The Hall–Kier alpha value is -3.70. The largest absolute Gasteiger partial charge is 0.490 e. The molecule has 0 spiro atoms. The number of amides is 1. The molecule has 170 valence electrons. The highest BCUT2D eigenvalue weighted by Gasteiger charge is 2.14. The van der Waals surface area contributed by atoms with Gasteiger partial charge in [0, 0.05) is 5.56 Å². The van der Waals surface area contributed by atoms with Gasteiger partial charge in [-0.25, -0.2) is 0 Å². The molecule has 1 aromatic heterocycles. The lowest BCUT2D eigenvalue weighted by Gasteiger charge is -2.12. The molecule has 0 saturated carbocycles. The molecule has 3 aromatic rings. The maximum absolute atomic E-state index is 12.5. The summed E-state index contributed by atoms with van der Waals surface area (Å²) in [5.41, 5.74) is 2.95. The number of aryl methyl sites for hydroxylation is 3. The third kappa shape index (κ3) is 6.89. The van der Waals surface area contributed by atoms with Gasteiger partial charge in [0.2, 0.25) is 5.13 Å². The zero-order valence-electron chi connectivity index (χ0n) is 18.9. The highest BCUT2D eigenvalue weighted by atomic mass is 32.1. The van der Waals surface area contributed by atoms with Gasteiger partial charge in [-0.05, 0) is 55.2 Å². The second kappa shape index (κ2) is 11.8. The van der Waals surface area contributed by atoms with Crippen molar-refractivity contribution in [2.75, 3.05) is 18.5 Å². The van der Waals surface area contributed by atoms with Crippen molar-refractivity contribution in [2.24, 2.45) is 0 Å². The predicted octanol–water partition coefficient (Wildman–Crippen LogP) is 4.97. The molecule has 1 amide bonds. The zero-order valence-corrected chi connectivity index (χ0v) is 19.7. The van der Waals surface area contributed by atoms with Gasteiger partial charge in [-0.15, -0.1) is 10.2 Å². The van der Waals surface area contributed by atoms with Gasteiger partial charge < -0.3 is 9.47 Å². The van der Waals surface area contributed by atoms with Crippen molar-refractivity contribution in [2.45, 2.75) is 33.6 Å². The third-order valence-corrected chi connectivity index (χ3v) is 5.69. The Morgan fingerprint density at radius 2 is 1.91 bits per heavy atom. The van der Waals surface area contributed by atoms with Gasteiger partial charge in [0.05, 0.1) is 0 Å². The molecule has 0 aliphatic heterocycles.